The molecule has 0 bridgehead atoms. The lowest BCUT2D eigenvalue weighted by Crippen LogP contribution is -2.34. The minimum Gasteiger partial charge on any atom is -0.461 e. The Morgan fingerprint density at radius 2 is 1.97 bits per heavy atom. The molecule has 8 heteroatoms. The summed E-state index contributed by atoms with van der Waals surface area (Å²) in [5.41, 5.74) is 7.11. The van der Waals surface area contributed by atoms with Crippen molar-refractivity contribution in [2.24, 2.45) is 0 Å². The first kappa shape index (κ1) is 27.1. The zero-order chi connectivity index (χ0) is 27.6. The average molecular weight is 547 g/mol. The Morgan fingerprint density at radius 3 is 2.74 bits per heavy atom. The Hall–Kier alpha value is -3.49. The molecular formula is C31H38N4O3S. The summed E-state index contributed by atoms with van der Waals surface area (Å²) in [6.45, 7) is 6.10. The van der Waals surface area contributed by atoms with E-state index in [0.717, 1.165) is 64.1 Å². The van der Waals surface area contributed by atoms with Crippen molar-refractivity contribution >= 4 is 27.3 Å². The quantitative estimate of drug-likeness (QED) is 0.244. The van der Waals surface area contributed by atoms with Gasteiger partial charge >= 0.3 is 0 Å². The number of hydrogen-bond acceptors (Lipinski definition) is 5. The minimum atomic E-state index is -0.561. The van der Waals surface area contributed by atoms with E-state index in [2.05, 4.69) is 35.1 Å². The smallest absolute Gasteiger partial charge is 0.246 e. The highest BCUT2D eigenvalue weighted by atomic mass is 32.3. The van der Waals surface area contributed by atoms with E-state index in [-0.39, 0.29) is 12.5 Å². The van der Waals surface area contributed by atoms with Crippen molar-refractivity contribution in [3.05, 3.63) is 77.9 Å². The molecule has 39 heavy (non-hydrogen) atoms. The molecule has 5 rings (SSSR count). The van der Waals surface area contributed by atoms with E-state index >= 15 is 0 Å². The fraction of sp³-hybridized carbons (Fsp3) is 0.355. The van der Waals surface area contributed by atoms with E-state index in [1.807, 2.05) is 78.3 Å². The van der Waals surface area contributed by atoms with Crippen LogP contribution in [-0.2, 0) is 22.7 Å². The van der Waals surface area contributed by atoms with E-state index in [0.29, 0.717) is 13.3 Å². The van der Waals surface area contributed by atoms with Crippen molar-refractivity contribution in [1.82, 2.24) is 9.55 Å². The van der Waals surface area contributed by atoms with Crippen molar-refractivity contribution in [3.8, 4) is 22.6 Å². The standard InChI is InChI=1S/C31H38N4O3S/c1-22-9-11-24(30-12-10-23(2)38-30)17-27(22)32-18-31(36)35-14-13-26-25(7-6-8-29(26)35)28-19-34(20-33-28)21-37-15-16-39(3,4)5/h6-12,17,19-20,32H,13-16,18,21H2,1-5H3. The molecule has 0 spiro atoms. The van der Waals surface area contributed by atoms with Crippen LogP contribution in [0.4, 0.5) is 11.4 Å². The normalized spacial score (nSPS) is 13.5. The number of aromatic nitrogens is 2. The van der Waals surface area contributed by atoms with Crippen LogP contribution in [0.1, 0.15) is 16.9 Å². The van der Waals surface area contributed by atoms with Gasteiger partial charge in [0.15, 0.2) is 0 Å². The molecule has 1 amide bonds. The van der Waals surface area contributed by atoms with Crippen LogP contribution in [0.15, 0.2) is 65.5 Å². The van der Waals surface area contributed by atoms with Gasteiger partial charge in [-0.05, 0) is 74.4 Å². The van der Waals surface area contributed by atoms with Crippen LogP contribution in [-0.4, -0.2) is 59.7 Å². The number of carbonyl (C=O) groups excluding carboxylic acids is 1. The number of nitrogens with zero attached hydrogens (tertiary/aromatic N) is 3. The summed E-state index contributed by atoms with van der Waals surface area (Å²) in [6, 6.07) is 16.2. The number of amides is 1. The fourth-order valence-electron chi connectivity index (χ4n) is 4.80. The maximum atomic E-state index is 13.3. The third-order valence-electron chi connectivity index (χ3n) is 7.01. The molecule has 3 heterocycles. The average Bonchev–Trinajstić information content (AvgIpc) is 3.65. The molecule has 1 aliphatic heterocycles. The lowest BCUT2D eigenvalue weighted by Gasteiger charge is -2.24. The van der Waals surface area contributed by atoms with Gasteiger partial charge in [-0.25, -0.2) is 15.0 Å². The Kier molecular flexibility index (Phi) is 7.86. The number of furan rings is 1. The molecule has 0 fully saturated rings. The van der Waals surface area contributed by atoms with E-state index in [1.165, 1.54) is 5.56 Å². The topological polar surface area (TPSA) is 72.5 Å². The predicted molar refractivity (Wildman–Crippen MR) is 162 cm³/mol. The van der Waals surface area contributed by atoms with Gasteiger partial charge in [0.2, 0.25) is 5.91 Å². The summed E-state index contributed by atoms with van der Waals surface area (Å²) < 4.78 is 13.6. The summed E-state index contributed by atoms with van der Waals surface area (Å²) in [5.74, 6) is 2.83. The van der Waals surface area contributed by atoms with Gasteiger partial charge in [-0.3, -0.25) is 4.79 Å². The van der Waals surface area contributed by atoms with Crippen LogP contribution in [0.25, 0.3) is 22.6 Å². The Morgan fingerprint density at radius 1 is 1.13 bits per heavy atom. The number of rotatable bonds is 10. The highest BCUT2D eigenvalue weighted by Gasteiger charge is 2.27. The second-order valence-corrected chi connectivity index (χ2v) is 15.6. The Labute approximate surface area is 232 Å². The number of fused-ring (bicyclic) bond motifs is 1. The number of aryl methyl sites for hydroxylation is 2. The number of anilines is 2. The number of hydrogen-bond donors (Lipinski definition) is 1. The highest BCUT2D eigenvalue weighted by molar-refractivity contribution is 8.32. The number of imidazole rings is 1. The van der Waals surface area contributed by atoms with Gasteiger partial charge in [0.1, 0.15) is 18.3 Å². The molecule has 1 N–H and O–H groups in total. The number of benzene rings is 2. The van der Waals surface area contributed by atoms with Crippen molar-refractivity contribution in [2.75, 3.05) is 54.4 Å². The lowest BCUT2D eigenvalue weighted by molar-refractivity contribution is -0.116. The van der Waals surface area contributed by atoms with Crippen LogP contribution in [0, 0.1) is 13.8 Å². The maximum Gasteiger partial charge on any atom is 0.246 e. The van der Waals surface area contributed by atoms with Gasteiger partial charge < -0.3 is 23.9 Å². The molecule has 0 unspecified atom stereocenters. The molecule has 0 saturated carbocycles. The zero-order valence-corrected chi connectivity index (χ0v) is 24.3. The molecule has 1 aliphatic rings. The summed E-state index contributed by atoms with van der Waals surface area (Å²) in [4.78, 5) is 19.9. The molecule has 4 aromatic rings. The van der Waals surface area contributed by atoms with Gasteiger partial charge in [-0.2, -0.15) is 0 Å². The van der Waals surface area contributed by atoms with Crippen molar-refractivity contribution in [2.45, 2.75) is 27.0 Å². The SMILES string of the molecule is Cc1ccc(-c2ccc(C)c(NCC(=O)N3CCc4c(-c5cn(COCCS(C)(C)C)cn5)cccc43)c2)o1. The molecular weight excluding hydrogens is 508 g/mol. The molecule has 0 atom stereocenters. The molecule has 7 nitrogen and oxygen atoms in total. The largest absolute Gasteiger partial charge is 0.461 e. The van der Waals surface area contributed by atoms with Gasteiger partial charge in [0.05, 0.1) is 25.2 Å². The van der Waals surface area contributed by atoms with Gasteiger partial charge in [-0.15, -0.1) is 0 Å². The van der Waals surface area contributed by atoms with Crippen molar-refractivity contribution < 1.29 is 13.9 Å². The molecule has 0 radical (unpaired) electrons. The van der Waals surface area contributed by atoms with E-state index < -0.39 is 10.0 Å². The number of carbonyl (C=O) groups is 1. The fourth-order valence-corrected chi connectivity index (χ4v) is 5.42. The molecule has 206 valence electrons. The first-order chi connectivity index (χ1) is 18.7. The van der Waals surface area contributed by atoms with Crippen LogP contribution >= 0.6 is 10.0 Å². The monoisotopic (exact) mass is 546 g/mol. The molecule has 2 aromatic heterocycles. The second-order valence-electron chi connectivity index (χ2n) is 11.0. The van der Waals surface area contributed by atoms with Crippen LogP contribution in [0.2, 0.25) is 0 Å². The minimum absolute atomic E-state index is 0.0458. The van der Waals surface area contributed by atoms with Crippen molar-refractivity contribution in [3.63, 3.8) is 0 Å². The summed E-state index contributed by atoms with van der Waals surface area (Å²) >= 11 is 0. The molecule has 2 aromatic carbocycles. The van der Waals surface area contributed by atoms with Crippen LogP contribution in [0.5, 0.6) is 0 Å². The van der Waals surface area contributed by atoms with Gasteiger partial charge in [0, 0.05) is 41.0 Å². The highest BCUT2D eigenvalue weighted by Crippen LogP contribution is 2.36. The second kappa shape index (κ2) is 11.3. The third-order valence-corrected chi connectivity index (χ3v) is 8.40. The Bertz CT molecular complexity index is 1470. The summed E-state index contributed by atoms with van der Waals surface area (Å²) in [5, 5.41) is 3.36. The Balaban J connectivity index is 1.24. The first-order valence-electron chi connectivity index (χ1n) is 13.3. The van der Waals surface area contributed by atoms with Crippen molar-refractivity contribution in [1.29, 1.82) is 0 Å². The van der Waals surface area contributed by atoms with Crippen LogP contribution in [0.3, 0.4) is 0 Å². The van der Waals surface area contributed by atoms with Gasteiger partial charge in [-0.1, -0.05) is 24.3 Å². The van der Waals surface area contributed by atoms with Gasteiger partial charge in [0.25, 0.3) is 0 Å². The first-order valence-corrected chi connectivity index (χ1v) is 16.3. The third kappa shape index (κ3) is 6.40. The number of nitrogens with one attached hydrogen (secondary N) is 1. The predicted octanol–water partition coefficient (Wildman–Crippen LogP) is 6.10. The summed E-state index contributed by atoms with van der Waals surface area (Å²) in [7, 11) is -0.561. The lowest BCUT2D eigenvalue weighted by atomic mass is 10.0. The summed E-state index contributed by atoms with van der Waals surface area (Å²) in [6.07, 6.45) is 11.6. The van der Waals surface area contributed by atoms with E-state index in [4.69, 9.17) is 9.15 Å². The van der Waals surface area contributed by atoms with Crippen LogP contribution < -0.4 is 10.2 Å². The van der Waals surface area contributed by atoms with E-state index in [1.54, 1.807) is 0 Å². The number of ether oxygens (including phenoxy) is 1. The molecule has 0 aliphatic carbocycles. The van der Waals surface area contributed by atoms with E-state index in [9.17, 15) is 4.79 Å². The molecule has 0 saturated heterocycles. The zero-order valence-electron chi connectivity index (χ0n) is 23.5. The maximum absolute atomic E-state index is 13.3.